The van der Waals surface area contributed by atoms with Crippen molar-refractivity contribution < 1.29 is 4.39 Å². The van der Waals surface area contributed by atoms with Crippen molar-refractivity contribution in [1.82, 2.24) is 5.32 Å². The van der Waals surface area contributed by atoms with E-state index >= 15 is 0 Å². The normalized spacial score (nSPS) is 14.1. The van der Waals surface area contributed by atoms with Crippen molar-refractivity contribution in [3.63, 3.8) is 0 Å². The second kappa shape index (κ2) is 6.30. The van der Waals surface area contributed by atoms with Crippen LogP contribution in [0.5, 0.6) is 0 Å². The highest BCUT2D eigenvalue weighted by Crippen LogP contribution is 2.06. The highest BCUT2D eigenvalue weighted by Gasteiger charge is 2.07. The first-order valence-electron chi connectivity index (χ1n) is 5.55. The maximum Gasteiger partial charge on any atom is 0.123 e. The van der Waals surface area contributed by atoms with Gasteiger partial charge in [-0.05, 0) is 38.0 Å². The van der Waals surface area contributed by atoms with Gasteiger partial charge in [0, 0.05) is 18.5 Å². The Labute approximate surface area is 97.1 Å². The van der Waals surface area contributed by atoms with Gasteiger partial charge >= 0.3 is 0 Å². The third-order valence-corrected chi connectivity index (χ3v) is 2.45. The maximum absolute atomic E-state index is 12.7. The van der Waals surface area contributed by atoms with Gasteiger partial charge in [0.15, 0.2) is 0 Å². The van der Waals surface area contributed by atoms with Gasteiger partial charge < -0.3 is 5.32 Å². The molecule has 0 aliphatic rings. The Balaban J connectivity index is 2.42. The van der Waals surface area contributed by atoms with E-state index in [-0.39, 0.29) is 5.82 Å². The summed E-state index contributed by atoms with van der Waals surface area (Å²) in [6, 6.07) is 7.28. The molecule has 2 atom stereocenters. The summed E-state index contributed by atoms with van der Waals surface area (Å²) in [7, 11) is 0. The minimum Gasteiger partial charge on any atom is -0.311 e. The van der Waals surface area contributed by atoms with Crippen LogP contribution in [0.4, 0.5) is 4.39 Å². The zero-order chi connectivity index (χ0) is 12.0. The largest absolute Gasteiger partial charge is 0.311 e. The average Bonchev–Trinajstić information content (AvgIpc) is 2.21. The van der Waals surface area contributed by atoms with Crippen molar-refractivity contribution >= 4 is 0 Å². The van der Waals surface area contributed by atoms with Crippen LogP contribution in [0.3, 0.4) is 0 Å². The second-order valence-corrected chi connectivity index (χ2v) is 4.21. The van der Waals surface area contributed by atoms with Crippen LogP contribution in [0, 0.1) is 18.2 Å². The number of terminal acetylenes is 1. The molecule has 16 heavy (non-hydrogen) atoms. The molecule has 0 saturated carbocycles. The lowest BCUT2D eigenvalue weighted by Crippen LogP contribution is -2.35. The van der Waals surface area contributed by atoms with Crippen molar-refractivity contribution in [2.45, 2.75) is 38.8 Å². The molecule has 1 N–H and O–H groups in total. The molecule has 1 rings (SSSR count). The summed E-state index contributed by atoms with van der Waals surface area (Å²) in [5.41, 5.74) is 1.13. The van der Waals surface area contributed by atoms with Gasteiger partial charge in [-0.1, -0.05) is 12.1 Å². The van der Waals surface area contributed by atoms with E-state index < -0.39 is 0 Å². The fourth-order valence-electron chi connectivity index (χ4n) is 1.75. The number of hydrogen-bond donors (Lipinski definition) is 1. The number of hydrogen-bond acceptors (Lipinski definition) is 1. The Morgan fingerprint density at radius 3 is 2.44 bits per heavy atom. The molecule has 0 aliphatic carbocycles. The molecule has 1 nitrogen and oxygen atoms in total. The molecule has 1 aromatic carbocycles. The van der Waals surface area contributed by atoms with E-state index in [0.717, 1.165) is 18.4 Å². The van der Waals surface area contributed by atoms with Gasteiger partial charge in [-0.2, -0.15) is 0 Å². The van der Waals surface area contributed by atoms with E-state index in [4.69, 9.17) is 6.42 Å². The van der Waals surface area contributed by atoms with Crippen LogP contribution in [0.25, 0.3) is 0 Å². The summed E-state index contributed by atoms with van der Waals surface area (Å²) in [6.07, 6.45) is 6.86. The van der Waals surface area contributed by atoms with E-state index in [9.17, 15) is 4.39 Å². The molecular formula is C14H18FN. The summed E-state index contributed by atoms with van der Waals surface area (Å²) < 4.78 is 12.7. The molecule has 0 heterocycles. The minimum absolute atomic E-state index is 0.190. The number of halogens is 1. The Kier molecular flexibility index (Phi) is 5.01. The smallest absolute Gasteiger partial charge is 0.123 e. The molecule has 1 aromatic rings. The highest BCUT2D eigenvalue weighted by molar-refractivity contribution is 5.17. The molecule has 0 spiro atoms. The van der Waals surface area contributed by atoms with Gasteiger partial charge in [-0.3, -0.25) is 0 Å². The quantitative estimate of drug-likeness (QED) is 0.751. The second-order valence-electron chi connectivity index (χ2n) is 4.21. The summed E-state index contributed by atoms with van der Waals surface area (Å²) in [5.74, 6) is 2.44. The van der Waals surface area contributed by atoms with Gasteiger partial charge in [0.1, 0.15) is 5.82 Å². The zero-order valence-electron chi connectivity index (χ0n) is 9.83. The predicted molar refractivity (Wildman–Crippen MR) is 65.6 cm³/mol. The molecule has 2 unspecified atom stereocenters. The fraction of sp³-hybridized carbons (Fsp3) is 0.429. The maximum atomic E-state index is 12.7. The SMILES string of the molecule is C#CCC(C)NC(C)Cc1ccc(F)cc1. The first kappa shape index (κ1) is 12.7. The van der Waals surface area contributed by atoms with Crippen LogP contribution >= 0.6 is 0 Å². The fourth-order valence-corrected chi connectivity index (χ4v) is 1.75. The lowest BCUT2D eigenvalue weighted by Gasteiger charge is -2.18. The molecule has 0 fully saturated rings. The molecule has 0 saturated heterocycles. The Bertz CT molecular complexity index is 350. The molecule has 0 bridgehead atoms. The van der Waals surface area contributed by atoms with E-state index in [1.807, 2.05) is 12.1 Å². The van der Waals surface area contributed by atoms with Crippen molar-refractivity contribution in [1.29, 1.82) is 0 Å². The van der Waals surface area contributed by atoms with Crippen LogP contribution in [0.1, 0.15) is 25.8 Å². The number of benzene rings is 1. The summed E-state index contributed by atoms with van der Waals surface area (Å²) >= 11 is 0. The number of rotatable bonds is 5. The van der Waals surface area contributed by atoms with Crippen LogP contribution in [0.15, 0.2) is 24.3 Å². The van der Waals surface area contributed by atoms with Gasteiger partial charge in [-0.15, -0.1) is 12.3 Å². The van der Waals surface area contributed by atoms with E-state index in [1.54, 1.807) is 0 Å². The van der Waals surface area contributed by atoms with E-state index in [2.05, 4.69) is 25.1 Å². The lowest BCUT2D eigenvalue weighted by atomic mass is 10.1. The molecule has 0 radical (unpaired) electrons. The lowest BCUT2D eigenvalue weighted by molar-refractivity contribution is 0.470. The van der Waals surface area contributed by atoms with Crippen LogP contribution < -0.4 is 5.32 Å². The van der Waals surface area contributed by atoms with Gasteiger partial charge in [0.05, 0.1) is 0 Å². The third kappa shape index (κ3) is 4.46. The Morgan fingerprint density at radius 2 is 1.88 bits per heavy atom. The molecule has 0 amide bonds. The monoisotopic (exact) mass is 219 g/mol. The predicted octanol–water partition coefficient (Wildman–Crippen LogP) is 2.76. The number of nitrogens with one attached hydrogen (secondary N) is 1. The van der Waals surface area contributed by atoms with Crippen molar-refractivity contribution in [2.75, 3.05) is 0 Å². The van der Waals surface area contributed by atoms with Crippen LogP contribution in [0.2, 0.25) is 0 Å². The summed E-state index contributed by atoms with van der Waals surface area (Å²) in [6.45, 7) is 4.18. The highest BCUT2D eigenvalue weighted by atomic mass is 19.1. The summed E-state index contributed by atoms with van der Waals surface area (Å²) in [4.78, 5) is 0. The first-order chi connectivity index (χ1) is 7.61. The Hall–Kier alpha value is -1.33. The van der Waals surface area contributed by atoms with Gasteiger partial charge in [0.2, 0.25) is 0 Å². The zero-order valence-corrected chi connectivity index (χ0v) is 9.83. The van der Waals surface area contributed by atoms with E-state index in [1.165, 1.54) is 12.1 Å². The molecule has 0 aromatic heterocycles. The minimum atomic E-state index is -0.190. The first-order valence-corrected chi connectivity index (χ1v) is 5.55. The Morgan fingerprint density at radius 1 is 1.25 bits per heavy atom. The standard InChI is InChI=1S/C14H18FN/c1-4-5-11(2)16-12(3)10-13-6-8-14(15)9-7-13/h1,6-9,11-12,16H,5,10H2,2-3H3. The van der Waals surface area contributed by atoms with Crippen LogP contribution in [-0.2, 0) is 6.42 Å². The van der Waals surface area contributed by atoms with E-state index in [0.29, 0.717) is 12.1 Å². The van der Waals surface area contributed by atoms with Gasteiger partial charge in [0.25, 0.3) is 0 Å². The molecular weight excluding hydrogens is 201 g/mol. The topological polar surface area (TPSA) is 12.0 Å². The molecule has 2 heteroatoms. The third-order valence-electron chi connectivity index (χ3n) is 2.45. The average molecular weight is 219 g/mol. The molecule has 0 aliphatic heterocycles. The van der Waals surface area contributed by atoms with Crippen molar-refractivity contribution in [3.8, 4) is 12.3 Å². The van der Waals surface area contributed by atoms with Crippen LogP contribution in [-0.4, -0.2) is 12.1 Å². The van der Waals surface area contributed by atoms with Crippen molar-refractivity contribution in [2.24, 2.45) is 0 Å². The summed E-state index contributed by atoms with van der Waals surface area (Å²) in [5, 5.41) is 3.41. The van der Waals surface area contributed by atoms with Gasteiger partial charge in [-0.25, -0.2) is 4.39 Å². The van der Waals surface area contributed by atoms with Crippen molar-refractivity contribution in [3.05, 3.63) is 35.6 Å². The molecule has 86 valence electrons.